The summed E-state index contributed by atoms with van der Waals surface area (Å²) in [6.45, 7) is 5.58. The van der Waals surface area contributed by atoms with Gasteiger partial charge in [0.15, 0.2) is 0 Å². The van der Waals surface area contributed by atoms with Crippen molar-refractivity contribution in [2.45, 2.75) is 26.3 Å². The topological polar surface area (TPSA) is 80.8 Å². The Balaban J connectivity index is 1.33. The van der Waals surface area contributed by atoms with E-state index in [1.165, 1.54) is 11.1 Å². The zero-order valence-electron chi connectivity index (χ0n) is 24.0. The molecule has 0 saturated carbocycles. The van der Waals surface area contributed by atoms with E-state index in [4.69, 9.17) is 14.5 Å². The number of likely N-dealkylation sites (N-methyl/N-ethyl adjacent to an activating group) is 1. The Hall–Kier alpha value is -4.75. The predicted molar refractivity (Wildman–Crippen MR) is 162 cm³/mol. The molecule has 2 aliphatic rings. The highest BCUT2D eigenvalue weighted by atomic mass is 16.5. The van der Waals surface area contributed by atoms with Gasteiger partial charge in [-0.25, -0.2) is 9.59 Å². The third-order valence-corrected chi connectivity index (χ3v) is 7.89. The molecule has 0 spiro atoms. The fourth-order valence-electron chi connectivity index (χ4n) is 5.72. The molecule has 42 heavy (non-hydrogen) atoms. The number of carbonyl (C=O) groups is 2. The number of pyridine rings is 1. The van der Waals surface area contributed by atoms with Gasteiger partial charge in [0, 0.05) is 35.9 Å². The Morgan fingerprint density at radius 2 is 1.81 bits per heavy atom. The third-order valence-electron chi connectivity index (χ3n) is 7.89. The molecule has 0 saturated heterocycles. The van der Waals surface area contributed by atoms with Crippen molar-refractivity contribution in [3.8, 4) is 11.1 Å². The first-order valence-corrected chi connectivity index (χ1v) is 14.1. The van der Waals surface area contributed by atoms with Gasteiger partial charge < -0.3 is 14.8 Å². The first kappa shape index (κ1) is 27.4. The zero-order chi connectivity index (χ0) is 29.2. The molecule has 3 aromatic carbocycles. The molecule has 0 aliphatic carbocycles. The number of cyclic esters (lactones) is 1. The van der Waals surface area contributed by atoms with E-state index in [9.17, 15) is 9.59 Å². The van der Waals surface area contributed by atoms with Gasteiger partial charge in [-0.2, -0.15) is 0 Å². The van der Waals surface area contributed by atoms with Crippen LogP contribution >= 0.6 is 0 Å². The number of ether oxygens (including phenoxy) is 2. The molecule has 0 radical (unpaired) electrons. The number of nitrogens with zero attached hydrogens (tertiary/aromatic N) is 2. The van der Waals surface area contributed by atoms with Gasteiger partial charge in [0.25, 0.3) is 0 Å². The predicted octanol–water partition coefficient (Wildman–Crippen LogP) is 5.66. The number of fused-ring (bicyclic) bond motifs is 1. The molecule has 2 aliphatic heterocycles. The summed E-state index contributed by atoms with van der Waals surface area (Å²) < 4.78 is 11.3. The van der Waals surface area contributed by atoms with E-state index in [1.54, 1.807) is 0 Å². The molecule has 1 atom stereocenters. The van der Waals surface area contributed by atoms with Crippen molar-refractivity contribution in [2.75, 3.05) is 26.8 Å². The van der Waals surface area contributed by atoms with Gasteiger partial charge in [0.05, 0.1) is 28.3 Å². The number of hydrogen-bond donors (Lipinski definition) is 1. The maximum atomic E-state index is 13.8. The summed E-state index contributed by atoms with van der Waals surface area (Å²) in [5.74, 6) is -1.53. The molecule has 212 valence electrons. The van der Waals surface area contributed by atoms with E-state index >= 15 is 0 Å². The number of benzene rings is 3. The highest BCUT2D eigenvalue weighted by molar-refractivity contribution is 6.03. The van der Waals surface area contributed by atoms with Crippen LogP contribution in [0.4, 0.5) is 0 Å². The summed E-state index contributed by atoms with van der Waals surface area (Å²) in [6, 6.07) is 26.3. The SMILES string of the molecule is CC1=C(C(=O)OCCN(C)Cc2ccccc2)C(c2cccc3ncc(-c4ccc(C)cc4)cc23)C2=C(COC2=O)N1. The Morgan fingerprint density at radius 1 is 1.02 bits per heavy atom. The van der Waals surface area contributed by atoms with Gasteiger partial charge in [-0.3, -0.25) is 9.88 Å². The van der Waals surface area contributed by atoms with E-state index in [2.05, 4.69) is 59.6 Å². The first-order chi connectivity index (χ1) is 20.4. The van der Waals surface area contributed by atoms with Crippen molar-refractivity contribution in [3.63, 3.8) is 0 Å². The molecule has 7 heteroatoms. The smallest absolute Gasteiger partial charge is 0.337 e. The standard InChI is InChI=1S/C35H33N3O4/c1-22-12-14-25(15-13-22)26-18-28-27(10-7-11-29(28)36-19-26)32-31(23(2)37-30-21-42-35(40)33(30)32)34(39)41-17-16-38(3)20-24-8-5-4-6-9-24/h4-15,18-19,32,37H,16-17,20-21H2,1-3H3. The van der Waals surface area contributed by atoms with Crippen LogP contribution in [-0.2, 0) is 25.6 Å². The number of hydrogen-bond acceptors (Lipinski definition) is 7. The molecule has 6 rings (SSSR count). The van der Waals surface area contributed by atoms with E-state index in [0.717, 1.165) is 34.1 Å². The molecule has 0 fully saturated rings. The number of rotatable bonds is 8. The van der Waals surface area contributed by atoms with Crippen LogP contribution in [-0.4, -0.2) is 48.6 Å². The summed E-state index contributed by atoms with van der Waals surface area (Å²) in [4.78, 5) is 33.7. The number of aromatic nitrogens is 1. The van der Waals surface area contributed by atoms with Crippen LogP contribution in [0.5, 0.6) is 0 Å². The van der Waals surface area contributed by atoms with Crippen LogP contribution in [0.3, 0.4) is 0 Å². The van der Waals surface area contributed by atoms with Crippen LogP contribution in [0.15, 0.2) is 108 Å². The molecule has 3 heterocycles. The maximum Gasteiger partial charge on any atom is 0.337 e. The van der Waals surface area contributed by atoms with Crippen LogP contribution in [0.1, 0.15) is 29.5 Å². The number of aryl methyl sites for hydroxylation is 1. The monoisotopic (exact) mass is 559 g/mol. The van der Waals surface area contributed by atoms with Gasteiger partial charge in [-0.15, -0.1) is 0 Å². The number of carbonyl (C=O) groups excluding carboxylic acids is 2. The lowest BCUT2D eigenvalue weighted by Crippen LogP contribution is -2.31. The second-order valence-corrected chi connectivity index (χ2v) is 10.9. The van der Waals surface area contributed by atoms with Crippen molar-refractivity contribution in [1.29, 1.82) is 0 Å². The largest absolute Gasteiger partial charge is 0.461 e. The second-order valence-electron chi connectivity index (χ2n) is 10.9. The zero-order valence-corrected chi connectivity index (χ0v) is 24.0. The Bertz CT molecular complexity index is 1720. The Morgan fingerprint density at radius 3 is 2.60 bits per heavy atom. The van der Waals surface area contributed by atoms with E-state index in [1.807, 2.05) is 56.6 Å². The average molecular weight is 560 g/mol. The fourth-order valence-corrected chi connectivity index (χ4v) is 5.72. The molecule has 1 N–H and O–H groups in total. The quantitative estimate of drug-likeness (QED) is 0.279. The minimum absolute atomic E-state index is 0.145. The van der Waals surface area contributed by atoms with Crippen LogP contribution in [0, 0.1) is 6.92 Å². The number of allylic oxidation sites excluding steroid dienone is 1. The van der Waals surface area contributed by atoms with Gasteiger partial charge in [0.1, 0.15) is 13.2 Å². The highest BCUT2D eigenvalue weighted by Crippen LogP contribution is 2.44. The highest BCUT2D eigenvalue weighted by Gasteiger charge is 2.42. The first-order valence-electron chi connectivity index (χ1n) is 14.1. The summed E-state index contributed by atoms with van der Waals surface area (Å²) in [6.07, 6.45) is 1.86. The normalized spacial score (nSPS) is 16.5. The molecule has 0 bridgehead atoms. The molecule has 1 aromatic heterocycles. The van der Waals surface area contributed by atoms with Crippen LogP contribution < -0.4 is 5.32 Å². The lowest BCUT2D eigenvalue weighted by atomic mass is 9.79. The van der Waals surface area contributed by atoms with Crippen molar-refractivity contribution in [3.05, 3.63) is 124 Å². The van der Waals surface area contributed by atoms with Gasteiger partial charge in [-0.1, -0.05) is 72.3 Å². The van der Waals surface area contributed by atoms with Gasteiger partial charge in [-0.05, 0) is 49.7 Å². The second kappa shape index (κ2) is 11.6. The van der Waals surface area contributed by atoms with Crippen molar-refractivity contribution in [2.24, 2.45) is 0 Å². The van der Waals surface area contributed by atoms with Gasteiger partial charge in [0.2, 0.25) is 0 Å². The average Bonchev–Trinajstić information content (AvgIpc) is 3.36. The van der Waals surface area contributed by atoms with Crippen molar-refractivity contribution < 1.29 is 19.1 Å². The molecule has 4 aromatic rings. The molecular formula is C35H33N3O4. The number of dihydropyridines is 1. The Labute approximate surface area is 245 Å². The maximum absolute atomic E-state index is 13.8. The Kier molecular flexibility index (Phi) is 7.59. The van der Waals surface area contributed by atoms with Crippen molar-refractivity contribution in [1.82, 2.24) is 15.2 Å². The van der Waals surface area contributed by atoms with E-state index in [-0.39, 0.29) is 13.2 Å². The number of esters is 2. The molecule has 1 unspecified atom stereocenters. The lowest BCUT2D eigenvalue weighted by molar-refractivity contribution is -0.139. The van der Waals surface area contributed by atoms with E-state index in [0.29, 0.717) is 29.1 Å². The molecular weight excluding hydrogens is 526 g/mol. The molecule has 0 amide bonds. The summed E-state index contributed by atoms with van der Waals surface area (Å²) in [7, 11) is 2.00. The van der Waals surface area contributed by atoms with Crippen molar-refractivity contribution >= 4 is 22.8 Å². The van der Waals surface area contributed by atoms with E-state index < -0.39 is 17.9 Å². The summed E-state index contributed by atoms with van der Waals surface area (Å²) >= 11 is 0. The van der Waals surface area contributed by atoms with Crippen LogP contribution in [0.2, 0.25) is 0 Å². The minimum atomic E-state index is -0.649. The van der Waals surface area contributed by atoms with Crippen LogP contribution in [0.25, 0.3) is 22.0 Å². The summed E-state index contributed by atoms with van der Waals surface area (Å²) in [5, 5.41) is 4.12. The lowest BCUT2D eigenvalue weighted by Gasteiger charge is -2.28. The fraction of sp³-hybridized carbons (Fsp3) is 0.229. The number of nitrogens with one attached hydrogen (secondary N) is 1. The summed E-state index contributed by atoms with van der Waals surface area (Å²) in [5.41, 5.74) is 8.15. The molecule has 7 nitrogen and oxygen atoms in total. The third kappa shape index (κ3) is 5.43. The minimum Gasteiger partial charge on any atom is -0.461 e. The van der Waals surface area contributed by atoms with Gasteiger partial charge >= 0.3 is 11.9 Å².